The van der Waals surface area contributed by atoms with E-state index in [9.17, 15) is 9.18 Å². The topological polar surface area (TPSA) is 43.3 Å². The Morgan fingerprint density at radius 1 is 1.04 bits per heavy atom. The van der Waals surface area contributed by atoms with Gasteiger partial charge < -0.3 is 14.6 Å². The molecule has 4 rings (SSSR count). The number of aromatic nitrogens is 1. The summed E-state index contributed by atoms with van der Waals surface area (Å²) >= 11 is 1.36. The highest BCUT2D eigenvalue weighted by Gasteiger charge is 2.20. The van der Waals surface area contributed by atoms with Crippen molar-refractivity contribution in [3.63, 3.8) is 0 Å². The molecule has 1 amide bonds. The number of carbonyl (C=O) groups is 1. The Morgan fingerprint density at radius 2 is 1.71 bits per heavy atom. The summed E-state index contributed by atoms with van der Waals surface area (Å²) in [6.07, 6.45) is 3.78. The van der Waals surface area contributed by atoms with Gasteiger partial charge in [-0.2, -0.15) is 0 Å². The lowest BCUT2D eigenvalue weighted by molar-refractivity contribution is 0.103. The lowest BCUT2D eigenvalue weighted by atomic mass is 10.1. The van der Waals surface area contributed by atoms with E-state index in [1.165, 1.54) is 23.5 Å². The largest absolute Gasteiger partial charge is 0.497 e. The average Bonchev–Trinajstić information content (AvgIpc) is 3.38. The lowest BCUT2D eigenvalue weighted by Crippen LogP contribution is -2.12. The molecular weight excluding hydrogens is 375 g/mol. The molecule has 0 saturated heterocycles. The molecule has 0 radical (unpaired) electrons. The Bertz CT molecular complexity index is 1080. The number of nitrogens with one attached hydrogen (secondary N) is 1. The van der Waals surface area contributed by atoms with Crippen molar-refractivity contribution in [1.29, 1.82) is 0 Å². The predicted molar refractivity (Wildman–Crippen MR) is 110 cm³/mol. The number of hydrogen-bond donors (Lipinski definition) is 1. The molecule has 2 aromatic heterocycles. The third-order valence-electron chi connectivity index (χ3n) is 4.34. The Hall–Kier alpha value is -3.38. The molecular formula is C22H17FN2O2S. The first-order valence-corrected chi connectivity index (χ1v) is 9.50. The maximum atomic E-state index is 13.3. The number of halogens is 1. The monoisotopic (exact) mass is 392 g/mol. The summed E-state index contributed by atoms with van der Waals surface area (Å²) in [6.45, 7) is 0. The molecule has 6 heteroatoms. The van der Waals surface area contributed by atoms with Crippen molar-refractivity contribution < 1.29 is 13.9 Å². The van der Waals surface area contributed by atoms with Crippen molar-refractivity contribution in [2.45, 2.75) is 0 Å². The van der Waals surface area contributed by atoms with Gasteiger partial charge in [-0.3, -0.25) is 4.79 Å². The molecule has 0 aliphatic rings. The number of carbonyl (C=O) groups excluding carboxylic acids is 1. The first kappa shape index (κ1) is 18.0. The number of benzene rings is 2. The fraction of sp³-hybridized carbons (Fsp3) is 0.0455. The number of hydrogen-bond acceptors (Lipinski definition) is 3. The van der Waals surface area contributed by atoms with Crippen LogP contribution in [-0.4, -0.2) is 17.6 Å². The molecule has 4 nitrogen and oxygen atoms in total. The molecule has 0 bridgehead atoms. The van der Waals surface area contributed by atoms with Crippen LogP contribution >= 0.6 is 11.3 Å². The van der Waals surface area contributed by atoms with Crippen LogP contribution in [-0.2, 0) is 0 Å². The number of thiophene rings is 1. The van der Waals surface area contributed by atoms with Gasteiger partial charge in [0, 0.05) is 29.0 Å². The molecule has 0 aliphatic carbocycles. The minimum absolute atomic E-state index is 0.202. The van der Waals surface area contributed by atoms with Gasteiger partial charge >= 0.3 is 0 Å². The van der Waals surface area contributed by atoms with Crippen LogP contribution in [0.5, 0.6) is 5.75 Å². The first-order valence-electron chi connectivity index (χ1n) is 8.62. The van der Waals surface area contributed by atoms with Crippen LogP contribution < -0.4 is 10.1 Å². The smallest absolute Gasteiger partial charge is 0.267 e. The zero-order valence-corrected chi connectivity index (χ0v) is 15.9. The fourth-order valence-electron chi connectivity index (χ4n) is 2.95. The van der Waals surface area contributed by atoms with Crippen LogP contribution in [0.1, 0.15) is 9.67 Å². The second-order valence-corrected chi connectivity index (χ2v) is 6.99. The number of nitrogens with zero attached hydrogens (tertiary/aromatic N) is 1. The quantitative estimate of drug-likeness (QED) is 0.480. The first-order chi connectivity index (χ1) is 13.7. The normalized spacial score (nSPS) is 10.6. The van der Waals surface area contributed by atoms with Gasteiger partial charge in [0.1, 0.15) is 16.4 Å². The summed E-state index contributed by atoms with van der Waals surface area (Å²) < 4.78 is 20.4. The van der Waals surface area contributed by atoms with E-state index in [2.05, 4.69) is 5.32 Å². The van der Waals surface area contributed by atoms with Crippen molar-refractivity contribution in [2.75, 3.05) is 12.4 Å². The second kappa shape index (κ2) is 7.70. The van der Waals surface area contributed by atoms with Gasteiger partial charge in [0.25, 0.3) is 5.91 Å². The van der Waals surface area contributed by atoms with Crippen molar-refractivity contribution in [3.05, 3.63) is 89.1 Å². The summed E-state index contributed by atoms with van der Waals surface area (Å²) in [4.78, 5) is 13.6. The maximum absolute atomic E-state index is 13.3. The molecule has 0 spiro atoms. The SMILES string of the molecule is COc1ccc(NC(=O)c2scc(-c3ccc(F)cc3)c2-n2cccc2)cc1. The molecule has 28 heavy (non-hydrogen) atoms. The molecule has 0 fully saturated rings. The third-order valence-corrected chi connectivity index (χ3v) is 5.30. The average molecular weight is 392 g/mol. The zero-order chi connectivity index (χ0) is 19.5. The summed E-state index contributed by atoms with van der Waals surface area (Å²) in [6, 6.07) is 17.2. The number of amides is 1. The highest BCUT2D eigenvalue weighted by Crippen LogP contribution is 2.35. The maximum Gasteiger partial charge on any atom is 0.267 e. The molecule has 0 saturated carbocycles. The molecule has 2 heterocycles. The summed E-state index contributed by atoms with van der Waals surface area (Å²) in [5.41, 5.74) is 3.18. The highest BCUT2D eigenvalue weighted by atomic mass is 32.1. The lowest BCUT2D eigenvalue weighted by Gasteiger charge is -2.10. The van der Waals surface area contributed by atoms with E-state index < -0.39 is 0 Å². The number of methoxy groups -OCH3 is 1. The van der Waals surface area contributed by atoms with E-state index in [0.29, 0.717) is 10.6 Å². The minimum Gasteiger partial charge on any atom is -0.497 e. The van der Waals surface area contributed by atoms with Crippen LogP contribution in [0, 0.1) is 5.82 Å². The van der Waals surface area contributed by atoms with Crippen molar-refractivity contribution in [3.8, 4) is 22.6 Å². The van der Waals surface area contributed by atoms with E-state index in [1.807, 2.05) is 34.5 Å². The Kier molecular flexibility index (Phi) is 4.95. The van der Waals surface area contributed by atoms with Crippen LogP contribution in [0.3, 0.4) is 0 Å². The van der Waals surface area contributed by atoms with Crippen LogP contribution in [0.2, 0.25) is 0 Å². The summed E-state index contributed by atoms with van der Waals surface area (Å²) in [5.74, 6) is 0.229. The molecule has 140 valence electrons. The molecule has 0 atom stereocenters. The van der Waals surface area contributed by atoms with Gasteiger partial charge in [-0.1, -0.05) is 12.1 Å². The summed E-state index contributed by atoms with van der Waals surface area (Å²) in [7, 11) is 1.60. The van der Waals surface area contributed by atoms with Gasteiger partial charge in [0.15, 0.2) is 0 Å². The van der Waals surface area contributed by atoms with E-state index in [0.717, 1.165) is 22.6 Å². The molecule has 0 aliphatic heterocycles. The zero-order valence-electron chi connectivity index (χ0n) is 15.1. The minimum atomic E-state index is -0.293. The molecule has 2 aromatic carbocycles. The van der Waals surface area contributed by atoms with E-state index in [1.54, 1.807) is 43.5 Å². The van der Waals surface area contributed by atoms with Gasteiger partial charge in [-0.25, -0.2) is 4.39 Å². The number of anilines is 1. The number of ether oxygens (including phenoxy) is 1. The highest BCUT2D eigenvalue weighted by molar-refractivity contribution is 7.13. The van der Waals surface area contributed by atoms with Crippen molar-refractivity contribution in [1.82, 2.24) is 4.57 Å². The second-order valence-electron chi connectivity index (χ2n) is 6.11. The van der Waals surface area contributed by atoms with Crippen molar-refractivity contribution in [2.24, 2.45) is 0 Å². The van der Waals surface area contributed by atoms with Gasteiger partial charge in [-0.05, 0) is 54.1 Å². The molecule has 4 aromatic rings. The van der Waals surface area contributed by atoms with Crippen molar-refractivity contribution >= 4 is 22.9 Å². The number of rotatable bonds is 5. The van der Waals surface area contributed by atoms with Gasteiger partial charge in [0.05, 0.1) is 12.8 Å². The third kappa shape index (κ3) is 3.54. The Balaban J connectivity index is 1.72. The summed E-state index contributed by atoms with van der Waals surface area (Å²) in [5, 5.41) is 4.85. The molecule has 1 N–H and O–H groups in total. The van der Waals surface area contributed by atoms with E-state index in [-0.39, 0.29) is 11.7 Å². The Morgan fingerprint density at radius 3 is 2.36 bits per heavy atom. The molecule has 0 unspecified atom stereocenters. The van der Waals surface area contributed by atoms with Gasteiger partial charge in [0.2, 0.25) is 0 Å². The standard InChI is InChI=1S/C22H17FN2O2S/c1-27-18-10-8-17(9-11-18)24-22(26)21-20(25-12-2-3-13-25)19(14-28-21)15-4-6-16(23)7-5-15/h2-14H,1H3,(H,24,26). The Labute approximate surface area is 165 Å². The van der Waals surface area contributed by atoms with Crippen LogP contribution in [0.4, 0.5) is 10.1 Å². The predicted octanol–water partition coefficient (Wildman–Crippen LogP) is 5.61. The van der Waals surface area contributed by atoms with Crippen LogP contribution in [0.25, 0.3) is 16.8 Å². The van der Waals surface area contributed by atoms with E-state index >= 15 is 0 Å². The van der Waals surface area contributed by atoms with E-state index in [4.69, 9.17) is 4.74 Å². The van der Waals surface area contributed by atoms with Gasteiger partial charge in [-0.15, -0.1) is 11.3 Å². The fourth-order valence-corrected chi connectivity index (χ4v) is 3.92. The van der Waals surface area contributed by atoms with Crippen LogP contribution in [0.15, 0.2) is 78.4 Å².